The molecule has 0 saturated carbocycles. The van der Waals surface area contributed by atoms with Crippen molar-refractivity contribution in [3.05, 3.63) is 11.7 Å². The van der Waals surface area contributed by atoms with Crippen LogP contribution in [0.25, 0.3) is 0 Å². The maximum atomic E-state index is 9.53. The molecule has 0 aliphatic rings. The third kappa shape index (κ3) is 4.07. The molecule has 0 aliphatic heterocycles. The van der Waals surface area contributed by atoms with Crippen LogP contribution in [0.5, 0.6) is 0 Å². The SMILES string of the molecule is CCOC(C)(C)c1noc(CC(O)COC)n1. The molecule has 0 fully saturated rings. The zero-order chi connectivity index (χ0) is 12.9. The maximum absolute atomic E-state index is 9.53. The van der Waals surface area contributed by atoms with Crippen LogP contribution in [-0.2, 0) is 21.5 Å². The molecule has 1 unspecified atom stereocenters. The van der Waals surface area contributed by atoms with Gasteiger partial charge in [0, 0.05) is 13.7 Å². The van der Waals surface area contributed by atoms with Crippen molar-refractivity contribution in [2.75, 3.05) is 20.3 Å². The van der Waals surface area contributed by atoms with Crippen LogP contribution in [0.2, 0.25) is 0 Å². The summed E-state index contributed by atoms with van der Waals surface area (Å²) in [7, 11) is 1.53. The van der Waals surface area contributed by atoms with E-state index in [9.17, 15) is 5.11 Å². The van der Waals surface area contributed by atoms with E-state index >= 15 is 0 Å². The van der Waals surface area contributed by atoms with Crippen molar-refractivity contribution in [1.82, 2.24) is 10.1 Å². The van der Waals surface area contributed by atoms with E-state index in [-0.39, 0.29) is 13.0 Å². The Hall–Kier alpha value is -0.980. The standard InChI is InChI=1S/C11H20N2O4/c1-5-16-11(2,3)10-12-9(17-13-10)6-8(14)7-15-4/h8,14H,5-7H2,1-4H3. The van der Waals surface area contributed by atoms with E-state index in [0.29, 0.717) is 18.3 Å². The number of hydrogen-bond acceptors (Lipinski definition) is 6. The molecule has 1 rings (SSSR count). The van der Waals surface area contributed by atoms with Gasteiger partial charge in [0.15, 0.2) is 0 Å². The Morgan fingerprint density at radius 1 is 1.47 bits per heavy atom. The van der Waals surface area contributed by atoms with Crippen LogP contribution in [-0.4, -0.2) is 41.7 Å². The van der Waals surface area contributed by atoms with Crippen molar-refractivity contribution in [2.24, 2.45) is 0 Å². The Kier molecular flexibility index (Phi) is 5.04. The lowest BCUT2D eigenvalue weighted by molar-refractivity contribution is -0.0221. The van der Waals surface area contributed by atoms with E-state index in [1.54, 1.807) is 0 Å². The molecule has 1 aromatic heterocycles. The van der Waals surface area contributed by atoms with Crippen molar-refractivity contribution >= 4 is 0 Å². The summed E-state index contributed by atoms with van der Waals surface area (Å²) in [6.45, 7) is 6.47. The minimum atomic E-state index is -0.636. The number of aliphatic hydroxyl groups excluding tert-OH is 1. The van der Waals surface area contributed by atoms with Crippen LogP contribution in [0.15, 0.2) is 4.52 Å². The highest BCUT2D eigenvalue weighted by Gasteiger charge is 2.27. The summed E-state index contributed by atoms with van der Waals surface area (Å²) in [5, 5.41) is 13.4. The average Bonchev–Trinajstić information content (AvgIpc) is 2.67. The first-order valence-corrected chi connectivity index (χ1v) is 5.63. The molecule has 0 aliphatic carbocycles. The second kappa shape index (κ2) is 6.09. The fourth-order valence-corrected chi connectivity index (χ4v) is 1.46. The Labute approximate surface area is 101 Å². The zero-order valence-electron chi connectivity index (χ0n) is 10.8. The summed E-state index contributed by atoms with van der Waals surface area (Å²) < 4.78 is 15.4. The summed E-state index contributed by atoms with van der Waals surface area (Å²) in [4.78, 5) is 4.20. The van der Waals surface area contributed by atoms with Crippen molar-refractivity contribution < 1.29 is 19.1 Å². The van der Waals surface area contributed by atoms with E-state index in [2.05, 4.69) is 10.1 Å². The van der Waals surface area contributed by atoms with Gasteiger partial charge in [0.25, 0.3) is 0 Å². The van der Waals surface area contributed by atoms with Crippen LogP contribution < -0.4 is 0 Å². The van der Waals surface area contributed by atoms with Crippen LogP contribution in [0, 0.1) is 0 Å². The topological polar surface area (TPSA) is 77.6 Å². The Morgan fingerprint density at radius 3 is 2.76 bits per heavy atom. The minimum absolute atomic E-state index is 0.243. The molecule has 6 nitrogen and oxygen atoms in total. The van der Waals surface area contributed by atoms with Crippen molar-refractivity contribution in [3.8, 4) is 0 Å². The minimum Gasteiger partial charge on any atom is -0.390 e. The van der Waals surface area contributed by atoms with Gasteiger partial charge in [-0.15, -0.1) is 0 Å². The largest absolute Gasteiger partial charge is 0.390 e. The number of hydrogen-bond donors (Lipinski definition) is 1. The molecule has 6 heteroatoms. The summed E-state index contributed by atoms with van der Waals surface area (Å²) in [6, 6.07) is 0. The van der Waals surface area contributed by atoms with Crippen molar-refractivity contribution in [1.29, 1.82) is 0 Å². The third-order valence-corrected chi connectivity index (χ3v) is 2.28. The molecule has 0 radical (unpaired) electrons. The van der Waals surface area contributed by atoms with Gasteiger partial charge in [-0.05, 0) is 20.8 Å². The fraction of sp³-hybridized carbons (Fsp3) is 0.818. The van der Waals surface area contributed by atoms with Gasteiger partial charge >= 0.3 is 0 Å². The number of aromatic nitrogens is 2. The highest BCUT2D eigenvalue weighted by atomic mass is 16.5. The highest BCUT2D eigenvalue weighted by molar-refractivity contribution is 4.98. The smallest absolute Gasteiger partial charge is 0.229 e. The summed E-state index contributed by atoms with van der Waals surface area (Å²) >= 11 is 0. The molecular weight excluding hydrogens is 224 g/mol. The van der Waals surface area contributed by atoms with Gasteiger partial charge in [-0.25, -0.2) is 0 Å². The maximum Gasteiger partial charge on any atom is 0.229 e. The molecule has 0 bridgehead atoms. The normalized spacial score (nSPS) is 13.9. The first-order valence-electron chi connectivity index (χ1n) is 5.63. The van der Waals surface area contributed by atoms with Crippen LogP contribution in [0.4, 0.5) is 0 Å². The quantitative estimate of drug-likeness (QED) is 0.767. The molecule has 98 valence electrons. The average molecular weight is 244 g/mol. The molecule has 1 atom stereocenters. The number of ether oxygens (including phenoxy) is 2. The summed E-state index contributed by atoms with van der Waals surface area (Å²) in [6.07, 6.45) is -0.355. The molecule has 17 heavy (non-hydrogen) atoms. The van der Waals surface area contributed by atoms with Crippen molar-refractivity contribution in [2.45, 2.75) is 38.9 Å². The number of aliphatic hydroxyl groups is 1. The van der Waals surface area contributed by atoms with Crippen LogP contribution >= 0.6 is 0 Å². The second-order valence-corrected chi connectivity index (χ2v) is 4.27. The molecular formula is C11H20N2O4. The summed E-state index contributed by atoms with van der Waals surface area (Å²) in [5.74, 6) is 0.872. The van der Waals surface area contributed by atoms with E-state index in [1.165, 1.54) is 7.11 Å². The Bertz CT molecular complexity index is 338. The first kappa shape index (κ1) is 14.1. The van der Waals surface area contributed by atoms with E-state index in [1.807, 2.05) is 20.8 Å². The third-order valence-electron chi connectivity index (χ3n) is 2.28. The molecule has 0 spiro atoms. The van der Waals surface area contributed by atoms with Gasteiger partial charge in [0.2, 0.25) is 11.7 Å². The van der Waals surface area contributed by atoms with Gasteiger partial charge in [-0.3, -0.25) is 0 Å². The zero-order valence-corrected chi connectivity index (χ0v) is 10.8. The van der Waals surface area contributed by atoms with Gasteiger partial charge in [0.1, 0.15) is 5.60 Å². The highest BCUT2D eigenvalue weighted by Crippen LogP contribution is 2.21. The Balaban J connectivity index is 2.64. The lowest BCUT2D eigenvalue weighted by atomic mass is 10.1. The number of rotatable bonds is 7. The van der Waals surface area contributed by atoms with Gasteiger partial charge < -0.3 is 19.1 Å². The predicted octanol–water partition coefficient (Wildman–Crippen LogP) is 0.891. The number of methoxy groups -OCH3 is 1. The van der Waals surface area contributed by atoms with E-state index in [4.69, 9.17) is 14.0 Å². The van der Waals surface area contributed by atoms with E-state index in [0.717, 1.165) is 0 Å². The Morgan fingerprint density at radius 2 is 2.18 bits per heavy atom. The molecule has 0 saturated heterocycles. The predicted molar refractivity (Wildman–Crippen MR) is 60.5 cm³/mol. The van der Waals surface area contributed by atoms with Gasteiger partial charge in [0.05, 0.1) is 19.1 Å². The lowest BCUT2D eigenvalue weighted by Gasteiger charge is -2.19. The molecule has 0 amide bonds. The second-order valence-electron chi connectivity index (χ2n) is 4.27. The van der Waals surface area contributed by atoms with Crippen LogP contribution in [0.3, 0.4) is 0 Å². The van der Waals surface area contributed by atoms with Gasteiger partial charge in [-0.1, -0.05) is 5.16 Å². The van der Waals surface area contributed by atoms with Crippen molar-refractivity contribution in [3.63, 3.8) is 0 Å². The van der Waals surface area contributed by atoms with Gasteiger partial charge in [-0.2, -0.15) is 4.98 Å². The monoisotopic (exact) mass is 244 g/mol. The van der Waals surface area contributed by atoms with Crippen LogP contribution in [0.1, 0.15) is 32.5 Å². The summed E-state index contributed by atoms with van der Waals surface area (Å²) in [5.41, 5.74) is -0.581. The molecule has 1 N–H and O–H groups in total. The molecule has 0 aromatic carbocycles. The van der Waals surface area contributed by atoms with E-state index < -0.39 is 11.7 Å². The fourth-order valence-electron chi connectivity index (χ4n) is 1.46. The molecule has 1 heterocycles. The molecule has 1 aromatic rings. The number of nitrogens with zero attached hydrogens (tertiary/aromatic N) is 2. The lowest BCUT2D eigenvalue weighted by Crippen LogP contribution is -2.23. The first-order chi connectivity index (χ1) is 7.99.